The lowest BCUT2D eigenvalue weighted by Crippen LogP contribution is -2.03. The molecule has 27 heavy (non-hydrogen) atoms. The summed E-state index contributed by atoms with van der Waals surface area (Å²) in [5.74, 6) is 0.821. The Bertz CT molecular complexity index is 1190. The van der Waals surface area contributed by atoms with Gasteiger partial charge in [0, 0.05) is 18.1 Å². The van der Waals surface area contributed by atoms with Crippen LogP contribution in [0.15, 0.2) is 36.5 Å². The SMILES string of the molecule is COc1cc(C(=O)O)cc2nc(-c3cc4cccnc4n3CC3CC3)[nH]c12. The zero-order valence-electron chi connectivity index (χ0n) is 14.8. The minimum atomic E-state index is -1.01. The predicted octanol–water partition coefficient (Wildman–Crippen LogP) is 3.70. The van der Waals surface area contributed by atoms with E-state index in [1.165, 1.54) is 26.0 Å². The predicted molar refractivity (Wildman–Crippen MR) is 101 cm³/mol. The highest BCUT2D eigenvalue weighted by atomic mass is 16.5. The van der Waals surface area contributed by atoms with Gasteiger partial charge in [-0.05, 0) is 49.1 Å². The van der Waals surface area contributed by atoms with Crippen molar-refractivity contribution in [2.45, 2.75) is 19.4 Å². The van der Waals surface area contributed by atoms with E-state index in [1.54, 1.807) is 12.3 Å². The van der Waals surface area contributed by atoms with Crippen molar-refractivity contribution in [3.63, 3.8) is 0 Å². The van der Waals surface area contributed by atoms with Gasteiger partial charge in [0.1, 0.15) is 16.9 Å². The van der Waals surface area contributed by atoms with E-state index < -0.39 is 5.97 Å². The molecule has 0 radical (unpaired) electrons. The first-order valence-corrected chi connectivity index (χ1v) is 8.89. The van der Waals surface area contributed by atoms with Crippen LogP contribution in [0.3, 0.4) is 0 Å². The fourth-order valence-electron chi connectivity index (χ4n) is 3.51. The Balaban J connectivity index is 1.72. The van der Waals surface area contributed by atoms with Crippen molar-refractivity contribution >= 4 is 28.0 Å². The zero-order valence-corrected chi connectivity index (χ0v) is 14.8. The molecule has 0 amide bonds. The van der Waals surface area contributed by atoms with Crippen molar-refractivity contribution in [2.24, 2.45) is 5.92 Å². The monoisotopic (exact) mass is 362 g/mol. The van der Waals surface area contributed by atoms with E-state index in [2.05, 4.69) is 25.6 Å². The van der Waals surface area contributed by atoms with Crippen molar-refractivity contribution in [3.8, 4) is 17.3 Å². The Morgan fingerprint density at radius 1 is 1.37 bits per heavy atom. The van der Waals surface area contributed by atoms with E-state index in [0.29, 0.717) is 28.5 Å². The smallest absolute Gasteiger partial charge is 0.335 e. The third-order valence-electron chi connectivity index (χ3n) is 5.06. The molecule has 4 aromatic rings. The van der Waals surface area contributed by atoms with Crippen LogP contribution in [-0.4, -0.2) is 37.7 Å². The molecule has 2 N–H and O–H groups in total. The summed E-state index contributed by atoms with van der Waals surface area (Å²) >= 11 is 0. The molecule has 3 heterocycles. The summed E-state index contributed by atoms with van der Waals surface area (Å²) in [6, 6.07) is 9.11. The lowest BCUT2D eigenvalue weighted by Gasteiger charge is -2.07. The summed E-state index contributed by atoms with van der Waals surface area (Å²) in [4.78, 5) is 23.9. The van der Waals surface area contributed by atoms with Gasteiger partial charge in [-0.1, -0.05) is 0 Å². The van der Waals surface area contributed by atoms with Gasteiger partial charge in [0.05, 0.1) is 23.9 Å². The van der Waals surface area contributed by atoms with Crippen LogP contribution < -0.4 is 4.74 Å². The Morgan fingerprint density at radius 3 is 2.96 bits per heavy atom. The second kappa shape index (κ2) is 5.84. The van der Waals surface area contributed by atoms with Gasteiger partial charge in [-0.15, -0.1) is 0 Å². The zero-order chi connectivity index (χ0) is 18.5. The number of nitrogens with zero attached hydrogens (tertiary/aromatic N) is 3. The molecule has 0 bridgehead atoms. The topological polar surface area (TPSA) is 93.0 Å². The molecule has 0 unspecified atom stereocenters. The number of fused-ring (bicyclic) bond motifs is 2. The third-order valence-corrected chi connectivity index (χ3v) is 5.06. The minimum absolute atomic E-state index is 0.151. The summed E-state index contributed by atoms with van der Waals surface area (Å²) in [6.07, 6.45) is 4.28. The Labute approximate surface area is 154 Å². The minimum Gasteiger partial charge on any atom is -0.494 e. The van der Waals surface area contributed by atoms with E-state index in [9.17, 15) is 9.90 Å². The number of hydrogen-bond donors (Lipinski definition) is 2. The van der Waals surface area contributed by atoms with E-state index in [-0.39, 0.29) is 5.56 Å². The molecule has 0 saturated heterocycles. The molecule has 7 heteroatoms. The number of carboxylic acids is 1. The fraction of sp³-hybridized carbons (Fsp3) is 0.250. The van der Waals surface area contributed by atoms with Crippen LogP contribution >= 0.6 is 0 Å². The van der Waals surface area contributed by atoms with Crippen LogP contribution in [0.5, 0.6) is 5.75 Å². The van der Waals surface area contributed by atoms with Crippen molar-refractivity contribution < 1.29 is 14.6 Å². The van der Waals surface area contributed by atoms with Gasteiger partial charge < -0.3 is 19.4 Å². The number of imidazole rings is 1. The maximum atomic E-state index is 11.4. The van der Waals surface area contributed by atoms with Gasteiger partial charge in [0.25, 0.3) is 0 Å². The number of aromatic nitrogens is 4. The third kappa shape index (κ3) is 2.63. The number of carbonyl (C=O) groups is 1. The first kappa shape index (κ1) is 15.9. The van der Waals surface area contributed by atoms with Gasteiger partial charge in [-0.3, -0.25) is 0 Å². The quantitative estimate of drug-likeness (QED) is 0.565. The van der Waals surface area contributed by atoms with E-state index in [1.807, 2.05) is 12.1 Å². The Hall–Kier alpha value is -3.35. The number of carboxylic acid groups (broad SMARTS) is 1. The summed E-state index contributed by atoms with van der Waals surface area (Å²) in [6.45, 7) is 0.907. The molecule has 1 fully saturated rings. The standard InChI is InChI=1S/C20H18N4O3/c1-27-16-9-13(20(25)26)7-14-17(16)23-18(22-14)15-8-12-3-2-6-21-19(12)24(15)10-11-4-5-11/h2-3,6-9,11H,4-5,10H2,1H3,(H,22,23)(H,25,26). The number of H-pyrrole nitrogens is 1. The molecular weight excluding hydrogens is 344 g/mol. The fourth-order valence-corrected chi connectivity index (χ4v) is 3.51. The van der Waals surface area contributed by atoms with Crippen molar-refractivity contribution in [3.05, 3.63) is 42.1 Å². The van der Waals surface area contributed by atoms with Crippen LogP contribution in [-0.2, 0) is 6.54 Å². The number of benzene rings is 1. The number of hydrogen-bond acceptors (Lipinski definition) is 4. The highest BCUT2D eigenvalue weighted by Gasteiger charge is 2.25. The molecule has 1 aromatic carbocycles. The van der Waals surface area contributed by atoms with Gasteiger partial charge >= 0.3 is 5.97 Å². The second-order valence-corrected chi connectivity index (χ2v) is 6.96. The summed E-state index contributed by atoms with van der Waals surface area (Å²) in [7, 11) is 1.52. The Morgan fingerprint density at radius 2 is 2.22 bits per heavy atom. The number of aromatic amines is 1. The highest BCUT2D eigenvalue weighted by molar-refractivity contribution is 5.96. The van der Waals surface area contributed by atoms with Crippen LogP contribution in [0.1, 0.15) is 23.2 Å². The van der Waals surface area contributed by atoms with Crippen molar-refractivity contribution in [2.75, 3.05) is 7.11 Å². The lowest BCUT2D eigenvalue weighted by molar-refractivity contribution is 0.0696. The largest absolute Gasteiger partial charge is 0.494 e. The molecule has 136 valence electrons. The molecule has 1 aliphatic carbocycles. The van der Waals surface area contributed by atoms with Crippen molar-refractivity contribution in [1.82, 2.24) is 19.5 Å². The second-order valence-electron chi connectivity index (χ2n) is 6.96. The highest BCUT2D eigenvalue weighted by Crippen LogP contribution is 2.36. The molecule has 7 nitrogen and oxygen atoms in total. The summed E-state index contributed by atoms with van der Waals surface area (Å²) in [5, 5.41) is 10.4. The van der Waals surface area contributed by atoms with Gasteiger partial charge in [-0.2, -0.15) is 0 Å². The lowest BCUT2D eigenvalue weighted by atomic mass is 10.2. The van der Waals surface area contributed by atoms with Crippen LogP contribution in [0.4, 0.5) is 0 Å². The summed E-state index contributed by atoms with van der Waals surface area (Å²) < 4.78 is 7.58. The van der Waals surface area contributed by atoms with E-state index >= 15 is 0 Å². The van der Waals surface area contributed by atoms with E-state index in [0.717, 1.165) is 23.3 Å². The van der Waals surface area contributed by atoms with Gasteiger partial charge in [0.2, 0.25) is 0 Å². The Kier molecular flexibility index (Phi) is 3.43. The van der Waals surface area contributed by atoms with Gasteiger partial charge in [0.15, 0.2) is 5.82 Å². The molecular formula is C20H18N4O3. The maximum absolute atomic E-state index is 11.4. The molecule has 3 aromatic heterocycles. The molecule has 1 saturated carbocycles. The average Bonchev–Trinajstić information content (AvgIpc) is 3.26. The molecule has 5 rings (SSSR count). The van der Waals surface area contributed by atoms with Crippen LogP contribution in [0.2, 0.25) is 0 Å². The molecule has 0 aliphatic heterocycles. The number of ether oxygens (including phenoxy) is 1. The average molecular weight is 362 g/mol. The number of nitrogens with one attached hydrogen (secondary N) is 1. The number of pyridine rings is 1. The molecule has 1 aliphatic rings. The number of aromatic carboxylic acids is 1. The first-order valence-electron chi connectivity index (χ1n) is 8.89. The first-order chi connectivity index (χ1) is 13.1. The number of methoxy groups -OCH3 is 1. The maximum Gasteiger partial charge on any atom is 0.335 e. The van der Waals surface area contributed by atoms with E-state index in [4.69, 9.17) is 4.74 Å². The van der Waals surface area contributed by atoms with Crippen molar-refractivity contribution in [1.29, 1.82) is 0 Å². The van der Waals surface area contributed by atoms with Gasteiger partial charge in [-0.25, -0.2) is 14.8 Å². The number of rotatable bonds is 5. The normalized spacial score (nSPS) is 14.1. The molecule has 0 atom stereocenters. The molecule has 0 spiro atoms. The summed E-state index contributed by atoms with van der Waals surface area (Å²) in [5.41, 5.74) is 3.30. The van der Waals surface area contributed by atoms with Crippen LogP contribution in [0, 0.1) is 5.92 Å². The van der Waals surface area contributed by atoms with Crippen LogP contribution in [0.25, 0.3) is 33.6 Å².